The van der Waals surface area contributed by atoms with Gasteiger partial charge in [0.05, 0.1) is 10.6 Å². The third-order valence-electron chi connectivity index (χ3n) is 4.37. The first-order valence-corrected chi connectivity index (χ1v) is 10.2. The summed E-state index contributed by atoms with van der Waals surface area (Å²) in [6, 6.07) is 10.9. The van der Waals surface area contributed by atoms with Gasteiger partial charge in [0.15, 0.2) is 6.61 Å². The van der Waals surface area contributed by atoms with Gasteiger partial charge in [-0.1, -0.05) is 18.2 Å². The van der Waals surface area contributed by atoms with E-state index in [-0.39, 0.29) is 29.8 Å². The summed E-state index contributed by atoms with van der Waals surface area (Å²) in [6.07, 6.45) is 0.902. The Morgan fingerprint density at radius 3 is 2.74 bits per heavy atom. The zero-order valence-electron chi connectivity index (χ0n) is 14.9. The van der Waals surface area contributed by atoms with E-state index in [2.05, 4.69) is 4.72 Å². The lowest BCUT2D eigenvalue weighted by Crippen LogP contribution is -2.38. The number of benzene rings is 2. The first kappa shape index (κ1) is 19.3. The average Bonchev–Trinajstić information content (AvgIpc) is 2.66. The van der Waals surface area contributed by atoms with Gasteiger partial charge in [-0.25, -0.2) is 17.5 Å². The monoisotopic (exact) mass is 392 g/mol. The molecule has 0 saturated carbocycles. The lowest BCUT2D eigenvalue weighted by molar-refractivity contribution is -0.121. The molecule has 1 amide bonds. The fraction of sp³-hybridized carbons (Fsp3) is 0.316. The number of nitrogens with one attached hydrogen (secondary N) is 1. The van der Waals surface area contributed by atoms with Gasteiger partial charge in [0.1, 0.15) is 11.6 Å². The zero-order valence-corrected chi connectivity index (χ0v) is 15.8. The number of amides is 1. The first-order chi connectivity index (χ1) is 12.9. The number of sulfonamides is 1. The molecule has 1 N–H and O–H groups in total. The molecular formula is C19H21FN2O4S. The Balaban J connectivity index is 1.67. The molecule has 27 heavy (non-hydrogen) atoms. The molecule has 144 valence electrons. The molecule has 0 saturated heterocycles. The van der Waals surface area contributed by atoms with Crippen LogP contribution in [0.4, 0.5) is 10.1 Å². The standard InChI is InChI=1S/C19H21FN2O4S/c1-2-22-17-12-15(9-10-18(17)26-13-19(22)23)27(24,25)21-11-5-7-14-6-3-4-8-16(14)20/h3-4,6,8-10,12,21H,2,5,7,11,13H2,1H3. The topological polar surface area (TPSA) is 75.7 Å². The number of anilines is 1. The van der Waals surface area contributed by atoms with Crippen LogP contribution >= 0.6 is 0 Å². The molecule has 2 aromatic carbocycles. The fourth-order valence-electron chi connectivity index (χ4n) is 2.97. The number of ether oxygens (including phenoxy) is 1. The summed E-state index contributed by atoms with van der Waals surface area (Å²) < 4.78 is 46.6. The Bertz CT molecular complexity index is 946. The highest BCUT2D eigenvalue weighted by molar-refractivity contribution is 7.89. The number of halogens is 1. The van der Waals surface area contributed by atoms with Crippen molar-refractivity contribution in [2.45, 2.75) is 24.7 Å². The van der Waals surface area contributed by atoms with E-state index in [1.165, 1.54) is 23.1 Å². The molecule has 3 rings (SSSR count). The smallest absolute Gasteiger partial charge is 0.265 e. The van der Waals surface area contributed by atoms with E-state index in [9.17, 15) is 17.6 Å². The van der Waals surface area contributed by atoms with Crippen molar-refractivity contribution >= 4 is 21.6 Å². The van der Waals surface area contributed by atoms with E-state index in [4.69, 9.17) is 4.74 Å². The summed E-state index contributed by atoms with van der Waals surface area (Å²) in [4.78, 5) is 13.5. The summed E-state index contributed by atoms with van der Waals surface area (Å²) in [5.74, 6) is -0.0216. The quantitative estimate of drug-likeness (QED) is 0.735. The van der Waals surface area contributed by atoms with Crippen LogP contribution in [0.3, 0.4) is 0 Å². The number of hydrogen-bond donors (Lipinski definition) is 1. The lowest BCUT2D eigenvalue weighted by atomic mass is 10.1. The molecule has 0 spiro atoms. The predicted molar refractivity (Wildman–Crippen MR) is 99.9 cm³/mol. The van der Waals surface area contributed by atoms with Crippen molar-refractivity contribution in [1.29, 1.82) is 0 Å². The second-order valence-corrected chi connectivity index (χ2v) is 7.92. The largest absolute Gasteiger partial charge is 0.482 e. The SMILES string of the molecule is CCN1C(=O)COc2ccc(S(=O)(=O)NCCCc3ccccc3F)cc21. The van der Waals surface area contributed by atoms with Crippen LogP contribution in [-0.2, 0) is 21.2 Å². The van der Waals surface area contributed by atoms with E-state index in [0.717, 1.165) is 0 Å². The Kier molecular flexibility index (Phi) is 5.76. The predicted octanol–water partition coefficient (Wildman–Crippen LogP) is 2.48. The molecule has 8 heteroatoms. The van der Waals surface area contributed by atoms with Gasteiger partial charge < -0.3 is 9.64 Å². The maximum Gasteiger partial charge on any atom is 0.265 e. The van der Waals surface area contributed by atoms with Crippen LogP contribution in [0.1, 0.15) is 18.9 Å². The second kappa shape index (κ2) is 8.06. The van der Waals surface area contributed by atoms with Gasteiger partial charge in [-0.2, -0.15) is 0 Å². The van der Waals surface area contributed by atoms with E-state index in [1.807, 2.05) is 6.92 Å². The molecule has 1 aliphatic rings. The number of aryl methyl sites for hydroxylation is 1. The molecule has 6 nitrogen and oxygen atoms in total. The Labute approximate surface area is 158 Å². The van der Waals surface area contributed by atoms with E-state index < -0.39 is 10.0 Å². The molecule has 1 aliphatic heterocycles. The molecule has 0 aromatic heterocycles. The van der Waals surface area contributed by atoms with Gasteiger partial charge in [-0.15, -0.1) is 0 Å². The minimum absolute atomic E-state index is 0.0543. The summed E-state index contributed by atoms with van der Waals surface area (Å²) in [7, 11) is -3.74. The van der Waals surface area contributed by atoms with Crippen molar-refractivity contribution in [2.24, 2.45) is 0 Å². The molecule has 0 unspecified atom stereocenters. The number of nitrogens with zero attached hydrogens (tertiary/aromatic N) is 1. The van der Waals surface area contributed by atoms with Gasteiger partial charge in [-0.3, -0.25) is 4.79 Å². The fourth-order valence-corrected chi connectivity index (χ4v) is 4.06. The van der Waals surface area contributed by atoms with Crippen molar-refractivity contribution in [3.05, 3.63) is 53.8 Å². The van der Waals surface area contributed by atoms with Crippen molar-refractivity contribution in [1.82, 2.24) is 4.72 Å². The third kappa shape index (κ3) is 4.28. The van der Waals surface area contributed by atoms with Crippen LogP contribution in [-0.4, -0.2) is 34.0 Å². The Morgan fingerprint density at radius 2 is 2.00 bits per heavy atom. The first-order valence-electron chi connectivity index (χ1n) is 8.72. The highest BCUT2D eigenvalue weighted by Gasteiger charge is 2.26. The Hall–Kier alpha value is -2.45. The maximum absolute atomic E-state index is 13.6. The molecule has 2 aromatic rings. The zero-order chi connectivity index (χ0) is 19.4. The molecule has 0 atom stereocenters. The number of hydrogen-bond acceptors (Lipinski definition) is 4. The van der Waals surface area contributed by atoms with Gasteiger partial charge in [0.2, 0.25) is 10.0 Å². The maximum atomic E-state index is 13.6. The molecule has 0 fully saturated rings. The number of carbonyl (C=O) groups is 1. The van der Waals surface area contributed by atoms with Crippen LogP contribution in [0.15, 0.2) is 47.4 Å². The normalized spacial score (nSPS) is 14.0. The molecule has 0 radical (unpaired) electrons. The van der Waals surface area contributed by atoms with Crippen LogP contribution < -0.4 is 14.4 Å². The number of rotatable bonds is 7. The van der Waals surface area contributed by atoms with E-state index in [1.54, 1.807) is 24.3 Å². The van der Waals surface area contributed by atoms with Crippen molar-refractivity contribution < 1.29 is 22.3 Å². The van der Waals surface area contributed by atoms with E-state index in [0.29, 0.717) is 36.4 Å². The minimum atomic E-state index is -3.74. The average molecular weight is 392 g/mol. The van der Waals surface area contributed by atoms with Crippen molar-refractivity contribution in [2.75, 3.05) is 24.6 Å². The third-order valence-corrected chi connectivity index (χ3v) is 5.83. The summed E-state index contributed by atoms with van der Waals surface area (Å²) in [5, 5.41) is 0. The van der Waals surface area contributed by atoms with Crippen LogP contribution in [0, 0.1) is 5.82 Å². The van der Waals surface area contributed by atoms with Crippen LogP contribution in [0.2, 0.25) is 0 Å². The van der Waals surface area contributed by atoms with Gasteiger partial charge in [0.25, 0.3) is 5.91 Å². The highest BCUT2D eigenvalue weighted by Crippen LogP contribution is 2.34. The summed E-state index contributed by atoms with van der Waals surface area (Å²) in [6.45, 7) is 2.37. The van der Waals surface area contributed by atoms with Crippen LogP contribution in [0.5, 0.6) is 5.75 Å². The molecular weight excluding hydrogens is 371 g/mol. The minimum Gasteiger partial charge on any atom is -0.482 e. The number of carbonyl (C=O) groups excluding carboxylic acids is 1. The van der Waals surface area contributed by atoms with Gasteiger partial charge in [0, 0.05) is 13.1 Å². The van der Waals surface area contributed by atoms with E-state index >= 15 is 0 Å². The molecule has 0 bridgehead atoms. The molecule has 0 aliphatic carbocycles. The molecule has 1 heterocycles. The van der Waals surface area contributed by atoms with Crippen LogP contribution in [0.25, 0.3) is 0 Å². The second-order valence-electron chi connectivity index (χ2n) is 6.15. The van der Waals surface area contributed by atoms with Crippen molar-refractivity contribution in [3.8, 4) is 5.75 Å². The summed E-state index contributed by atoms with van der Waals surface area (Å²) >= 11 is 0. The number of likely N-dealkylation sites (N-methyl/N-ethyl adjacent to an activating group) is 1. The van der Waals surface area contributed by atoms with Crippen molar-refractivity contribution in [3.63, 3.8) is 0 Å². The Morgan fingerprint density at radius 1 is 1.22 bits per heavy atom. The van der Waals surface area contributed by atoms with Gasteiger partial charge in [-0.05, 0) is 49.6 Å². The lowest BCUT2D eigenvalue weighted by Gasteiger charge is -2.28. The van der Waals surface area contributed by atoms with Gasteiger partial charge >= 0.3 is 0 Å². The summed E-state index contributed by atoms with van der Waals surface area (Å²) in [5.41, 5.74) is 1.00. The highest BCUT2D eigenvalue weighted by atomic mass is 32.2. The number of fused-ring (bicyclic) bond motifs is 1.